The van der Waals surface area contributed by atoms with Gasteiger partial charge in [0, 0.05) is 19.2 Å². The number of phenols is 1. The van der Waals surface area contributed by atoms with Crippen LogP contribution in [0.3, 0.4) is 0 Å². The summed E-state index contributed by atoms with van der Waals surface area (Å²) >= 11 is 0. The van der Waals surface area contributed by atoms with Gasteiger partial charge in [0.1, 0.15) is 17.3 Å². The number of benzene rings is 2. The van der Waals surface area contributed by atoms with Crippen molar-refractivity contribution in [3.05, 3.63) is 64.7 Å². The number of methoxy groups -OCH3 is 1. The number of phenolic OH excluding ortho intramolecular Hbond substituents is 1. The fourth-order valence-electron chi connectivity index (χ4n) is 3.91. The number of ether oxygens (including phenoxy) is 1. The van der Waals surface area contributed by atoms with E-state index in [0.29, 0.717) is 18.8 Å². The van der Waals surface area contributed by atoms with Crippen LogP contribution in [0.25, 0.3) is 5.76 Å². The molecule has 33 heavy (non-hydrogen) atoms. The van der Waals surface area contributed by atoms with Crippen molar-refractivity contribution in [3.8, 4) is 11.5 Å². The lowest BCUT2D eigenvalue weighted by molar-refractivity contribution is -0.140. The molecular weight excluding hydrogens is 420 g/mol. The zero-order valence-electron chi connectivity index (χ0n) is 20.0. The third-order valence-corrected chi connectivity index (χ3v) is 5.88. The molecule has 0 radical (unpaired) electrons. The molecule has 7 heteroatoms. The fraction of sp³-hybridized carbons (Fsp3) is 0.385. The normalized spacial score (nSPS) is 18.3. The third kappa shape index (κ3) is 4.88. The summed E-state index contributed by atoms with van der Waals surface area (Å²) < 4.78 is 5.10. The Bertz CT molecular complexity index is 1080. The Morgan fingerprint density at radius 1 is 1.09 bits per heavy atom. The summed E-state index contributed by atoms with van der Waals surface area (Å²) in [6.07, 6.45) is 0. The lowest BCUT2D eigenvalue weighted by Gasteiger charge is -2.27. The van der Waals surface area contributed by atoms with Gasteiger partial charge in [0.15, 0.2) is 0 Å². The molecule has 1 heterocycles. The minimum atomic E-state index is -0.772. The van der Waals surface area contributed by atoms with Gasteiger partial charge < -0.3 is 24.7 Å². The first-order valence-electron chi connectivity index (χ1n) is 10.9. The van der Waals surface area contributed by atoms with Crippen LogP contribution in [0.1, 0.15) is 43.5 Å². The molecule has 1 fully saturated rings. The minimum absolute atomic E-state index is 0.0391. The van der Waals surface area contributed by atoms with Crippen molar-refractivity contribution in [1.82, 2.24) is 9.80 Å². The zero-order chi connectivity index (χ0) is 24.5. The molecular formula is C26H32N2O5. The molecule has 0 unspecified atom stereocenters. The van der Waals surface area contributed by atoms with E-state index in [1.807, 2.05) is 43.3 Å². The number of rotatable bonds is 6. The van der Waals surface area contributed by atoms with E-state index in [-0.39, 0.29) is 22.3 Å². The number of hydrogen-bond acceptors (Lipinski definition) is 6. The van der Waals surface area contributed by atoms with Crippen LogP contribution in [0.2, 0.25) is 0 Å². The topological polar surface area (TPSA) is 90.3 Å². The van der Waals surface area contributed by atoms with E-state index >= 15 is 0 Å². The molecule has 176 valence electrons. The Morgan fingerprint density at radius 3 is 2.24 bits per heavy atom. The number of aliphatic hydroxyl groups is 1. The van der Waals surface area contributed by atoms with Crippen LogP contribution in [-0.2, 0) is 15.0 Å². The fourth-order valence-corrected chi connectivity index (χ4v) is 3.91. The van der Waals surface area contributed by atoms with Gasteiger partial charge in [-0.05, 0) is 42.8 Å². The van der Waals surface area contributed by atoms with Gasteiger partial charge in [-0.3, -0.25) is 9.59 Å². The van der Waals surface area contributed by atoms with Gasteiger partial charge in [-0.2, -0.15) is 0 Å². The highest BCUT2D eigenvalue weighted by molar-refractivity contribution is 6.46. The van der Waals surface area contributed by atoms with Gasteiger partial charge in [0.25, 0.3) is 11.7 Å². The number of nitrogens with zero attached hydrogens (tertiary/aromatic N) is 2. The number of ketones is 1. The number of carbonyl (C=O) groups is 2. The maximum Gasteiger partial charge on any atom is 0.295 e. The van der Waals surface area contributed by atoms with Gasteiger partial charge in [-0.15, -0.1) is 0 Å². The van der Waals surface area contributed by atoms with Gasteiger partial charge in [-0.25, -0.2) is 0 Å². The molecule has 0 aliphatic carbocycles. The average Bonchev–Trinajstić information content (AvgIpc) is 3.01. The van der Waals surface area contributed by atoms with Gasteiger partial charge >= 0.3 is 0 Å². The van der Waals surface area contributed by atoms with E-state index in [4.69, 9.17) is 4.74 Å². The molecule has 1 amide bonds. The largest absolute Gasteiger partial charge is 0.507 e. The van der Waals surface area contributed by atoms with Crippen LogP contribution in [-0.4, -0.2) is 66.0 Å². The summed E-state index contributed by atoms with van der Waals surface area (Å²) in [7, 11) is 5.24. The number of amides is 1. The molecule has 1 atom stereocenters. The lowest BCUT2D eigenvalue weighted by Crippen LogP contribution is -2.35. The number of aromatic hydroxyl groups is 1. The van der Waals surface area contributed by atoms with Crippen LogP contribution in [0, 0.1) is 0 Å². The Labute approximate surface area is 194 Å². The number of hydrogen-bond donors (Lipinski definition) is 2. The van der Waals surface area contributed by atoms with Crippen molar-refractivity contribution in [1.29, 1.82) is 0 Å². The second kappa shape index (κ2) is 9.27. The number of aliphatic hydroxyl groups excluding tert-OH is 1. The third-order valence-electron chi connectivity index (χ3n) is 5.88. The number of carbonyl (C=O) groups excluding carboxylic acids is 2. The Kier molecular flexibility index (Phi) is 6.84. The van der Waals surface area contributed by atoms with Crippen LogP contribution in [0.4, 0.5) is 0 Å². The van der Waals surface area contributed by atoms with Crippen LogP contribution < -0.4 is 4.74 Å². The van der Waals surface area contributed by atoms with Crippen molar-refractivity contribution in [2.75, 3.05) is 34.3 Å². The van der Waals surface area contributed by atoms with Crippen LogP contribution >= 0.6 is 0 Å². The Balaban J connectivity index is 2.16. The summed E-state index contributed by atoms with van der Waals surface area (Å²) in [5.41, 5.74) is 1.81. The maximum atomic E-state index is 13.1. The molecule has 1 aliphatic heterocycles. The highest BCUT2D eigenvalue weighted by atomic mass is 16.5. The number of Topliss-reactive ketones (excluding diaryl/α,β-unsaturated/α-hetero) is 1. The predicted octanol–water partition coefficient (Wildman–Crippen LogP) is 3.68. The molecule has 0 saturated carbocycles. The highest BCUT2D eigenvalue weighted by Gasteiger charge is 2.46. The van der Waals surface area contributed by atoms with Crippen LogP contribution in [0.15, 0.2) is 48.0 Å². The molecule has 7 nitrogen and oxygen atoms in total. The van der Waals surface area contributed by atoms with Crippen molar-refractivity contribution in [3.63, 3.8) is 0 Å². The van der Waals surface area contributed by atoms with Gasteiger partial charge in [0.2, 0.25) is 0 Å². The van der Waals surface area contributed by atoms with Gasteiger partial charge in [-0.1, -0.05) is 45.0 Å². The number of likely N-dealkylation sites (N-methyl/N-ethyl adjacent to an activating group) is 1. The minimum Gasteiger partial charge on any atom is -0.507 e. The van der Waals surface area contributed by atoms with E-state index in [1.165, 1.54) is 24.1 Å². The molecule has 1 saturated heterocycles. The first kappa shape index (κ1) is 24.3. The SMILES string of the molecule is COc1ccc(C(O)=C2C(=O)C(=O)N(CCN(C)C)[C@@H]2c2ccc(C(C)(C)C)cc2)c(O)c1. The zero-order valence-corrected chi connectivity index (χ0v) is 20.0. The average molecular weight is 453 g/mol. The summed E-state index contributed by atoms with van der Waals surface area (Å²) in [6.45, 7) is 7.19. The molecule has 0 aromatic heterocycles. The number of likely N-dealkylation sites (tertiary alicyclic amines) is 1. The van der Waals surface area contributed by atoms with E-state index in [2.05, 4.69) is 20.8 Å². The summed E-state index contributed by atoms with van der Waals surface area (Å²) in [5.74, 6) is -1.69. The molecule has 2 aromatic carbocycles. The smallest absolute Gasteiger partial charge is 0.295 e. The molecule has 3 rings (SSSR count). The molecule has 1 aliphatic rings. The molecule has 2 N–H and O–H groups in total. The van der Waals surface area contributed by atoms with Crippen molar-refractivity contribution in [2.45, 2.75) is 32.2 Å². The van der Waals surface area contributed by atoms with E-state index in [9.17, 15) is 19.8 Å². The summed E-state index contributed by atoms with van der Waals surface area (Å²) in [6, 6.07) is 11.4. The van der Waals surface area contributed by atoms with E-state index in [1.54, 1.807) is 6.07 Å². The standard InChI is InChI=1S/C26H32N2O5/c1-26(2,3)17-9-7-16(8-10-17)22-21(24(31)25(32)28(22)14-13-27(4)5)23(30)19-12-11-18(33-6)15-20(19)29/h7-12,15,22,29-30H,13-14H2,1-6H3/t22-/m1/s1. The Morgan fingerprint density at radius 2 is 1.73 bits per heavy atom. The quantitative estimate of drug-likeness (QED) is 0.395. The van der Waals surface area contributed by atoms with Crippen molar-refractivity contribution >= 4 is 17.4 Å². The second-order valence-electron chi connectivity index (χ2n) is 9.55. The first-order valence-corrected chi connectivity index (χ1v) is 10.9. The molecule has 0 bridgehead atoms. The maximum absolute atomic E-state index is 13.1. The summed E-state index contributed by atoms with van der Waals surface area (Å²) in [5, 5.41) is 21.6. The second-order valence-corrected chi connectivity index (χ2v) is 9.55. The summed E-state index contributed by atoms with van der Waals surface area (Å²) in [4.78, 5) is 29.5. The highest BCUT2D eigenvalue weighted by Crippen LogP contribution is 2.41. The monoisotopic (exact) mass is 452 g/mol. The van der Waals surface area contributed by atoms with Gasteiger partial charge in [0.05, 0.1) is 24.3 Å². The lowest BCUT2D eigenvalue weighted by atomic mass is 9.85. The van der Waals surface area contributed by atoms with Crippen molar-refractivity contribution in [2.24, 2.45) is 0 Å². The molecule has 0 spiro atoms. The molecule has 2 aromatic rings. The van der Waals surface area contributed by atoms with Crippen molar-refractivity contribution < 1.29 is 24.5 Å². The Hall–Kier alpha value is -3.32. The predicted molar refractivity (Wildman–Crippen MR) is 127 cm³/mol. The first-order chi connectivity index (χ1) is 15.5. The van der Waals surface area contributed by atoms with Crippen LogP contribution in [0.5, 0.6) is 11.5 Å². The van der Waals surface area contributed by atoms with E-state index in [0.717, 1.165) is 11.1 Å². The van der Waals surface area contributed by atoms with E-state index < -0.39 is 23.5 Å².